The largest absolute Gasteiger partial charge is 0.393 e. The van der Waals surface area contributed by atoms with Gasteiger partial charge < -0.3 is 14.6 Å². The van der Waals surface area contributed by atoms with Gasteiger partial charge in [-0.1, -0.05) is 62.5 Å². The molecule has 1 N–H and O–H groups in total. The van der Waals surface area contributed by atoms with E-state index in [1.54, 1.807) is 5.57 Å². The van der Waals surface area contributed by atoms with Crippen LogP contribution in [0.5, 0.6) is 0 Å². The number of fused-ring (bicyclic) bond motifs is 5. The molecule has 1 saturated heterocycles. The lowest BCUT2D eigenvalue weighted by molar-refractivity contribution is -0.241. The molecular weight excluding hydrogens is 516 g/mol. The summed E-state index contributed by atoms with van der Waals surface area (Å²) in [5.41, 5.74) is 2.23. The first-order valence-electron chi connectivity index (χ1n) is 16.7. The van der Waals surface area contributed by atoms with Crippen molar-refractivity contribution in [3.05, 3.63) is 21.5 Å². The molecule has 7 nitrogen and oxygen atoms in total. The maximum absolute atomic E-state index is 11.1. The number of rotatable bonds is 10. The Morgan fingerprint density at radius 2 is 1.83 bits per heavy atom. The molecule has 4 fully saturated rings. The lowest BCUT2D eigenvalue weighted by atomic mass is 9.40. The van der Waals surface area contributed by atoms with Crippen molar-refractivity contribution in [2.75, 3.05) is 6.54 Å². The average molecular weight is 573 g/mol. The van der Waals surface area contributed by atoms with Crippen LogP contribution in [-0.2, 0) is 9.47 Å². The van der Waals surface area contributed by atoms with Crippen LogP contribution in [0.15, 0.2) is 22.0 Å². The molecule has 0 bridgehead atoms. The van der Waals surface area contributed by atoms with Gasteiger partial charge in [-0.25, -0.2) is 0 Å². The molecule has 1 aliphatic heterocycles. The highest BCUT2D eigenvalue weighted by molar-refractivity contribution is 5.27. The Balaban J connectivity index is 1.26. The summed E-state index contributed by atoms with van der Waals surface area (Å²) < 4.78 is 12.5. The second-order valence-corrected chi connectivity index (χ2v) is 15.9. The van der Waals surface area contributed by atoms with Gasteiger partial charge in [-0.2, -0.15) is 9.81 Å². The van der Waals surface area contributed by atoms with Crippen molar-refractivity contribution in [2.45, 2.75) is 155 Å². The molecule has 0 aromatic carbocycles. The van der Waals surface area contributed by atoms with Crippen molar-refractivity contribution in [1.82, 2.24) is 0 Å². The zero-order valence-corrected chi connectivity index (χ0v) is 26.6. The number of aliphatic hydroxyl groups is 1. The minimum atomic E-state index is -0.506. The van der Waals surface area contributed by atoms with Crippen LogP contribution in [0.25, 0.3) is 0 Å². The standard InChI is InChI=1S/C34H56N2O5/c1-22-26-10-13-29-32(4,27(26)11-12-28(22)41-30-20-24(37)19-25(40-30)21-35-38)17-18-33(5)23(14-16-34(29,33)6)9-7-8-15-31(2,3)36-39/h10,22-25,27-30,37H,7-9,11-21H2,1-6H3/t22-,23?,24+,25+,27?,28+,29?,30+,32+,33-,34+/m1/s1. The molecule has 3 saturated carbocycles. The molecule has 1 heterocycles. The van der Waals surface area contributed by atoms with E-state index in [4.69, 9.17) is 9.47 Å². The van der Waals surface area contributed by atoms with Gasteiger partial charge in [-0.15, -0.1) is 0 Å². The maximum atomic E-state index is 11.1. The fraction of sp³-hybridized carbons (Fsp3) is 0.941. The Morgan fingerprint density at radius 3 is 2.56 bits per heavy atom. The van der Waals surface area contributed by atoms with Gasteiger partial charge in [0.15, 0.2) is 6.29 Å². The molecule has 3 unspecified atom stereocenters. The summed E-state index contributed by atoms with van der Waals surface area (Å²) in [5.74, 6) is 2.43. The van der Waals surface area contributed by atoms with E-state index < -0.39 is 17.9 Å². The highest BCUT2D eigenvalue weighted by atomic mass is 16.7. The quantitative estimate of drug-likeness (QED) is 0.161. The summed E-state index contributed by atoms with van der Waals surface area (Å²) in [4.78, 5) is 21.9. The van der Waals surface area contributed by atoms with Crippen LogP contribution < -0.4 is 0 Å². The van der Waals surface area contributed by atoms with Gasteiger partial charge in [0.25, 0.3) is 0 Å². The predicted molar refractivity (Wildman–Crippen MR) is 162 cm³/mol. The van der Waals surface area contributed by atoms with Crippen LogP contribution in [0.1, 0.15) is 125 Å². The van der Waals surface area contributed by atoms with Crippen molar-refractivity contribution in [2.24, 2.45) is 50.3 Å². The molecule has 0 radical (unpaired) electrons. The Morgan fingerprint density at radius 1 is 1.05 bits per heavy atom. The minimum absolute atomic E-state index is 0.0679. The number of allylic oxidation sites excluding steroid dienone is 1. The molecule has 4 aliphatic carbocycles. The number of unbranched alkanes of at least 4 members (excludes halogenated alkanes) is 1. The van der Waals surface area contributed by atoms with E-state index in [9.17, 15) is 14.9 Å². The zero-order chi connectivity index (χ0) is 29.6. The van der Waals surface area contributed by atoms with Crippen molar-refractivity contribution in [1.29, 1.82) is 0 Å². The first-order chi connectivity index (χ1) is 19.4. The van der Waals surface area contributed by atoms with Crippen molar-refractivity contribution < 1.29 is 14.6 Å². The Bertz CT molecular complexity index is 1000. The van der Waals surface area contributed by atoms with E-state index in [0.717, 1.165) is 31.6 Å². The Kier molecular flexibility index (Phi) is 8.94. The monoisotopic (exact) mass is 572 g/mol. The summed E-state index contributed by atoms with van der Waals surface area (Å²) in [7, 11) is 0. The van der Waals surface area contributed by atoms with Crippen molar-refractivity contribution in [3.63, 3.8) is 0 Å². The van der Waals surface area contributed by atoms with Gasteiger partial charge in [0.1, 0.15) is 6.54 Å². The van der Waals surface area contributed by atoms with Crippen LogP contribution in [-0.4, -0.2) is 41.8 Å². The highest BCUT2D eigenvalue weighted by Crippen LogP contribution is 2.74. The van der Waals surface area contributed by atoms with E-state index >= 15 is 0 Å². The molecule has 0 amide bonds. The third-order valence-electron chi connectivity index (χ3n) is 13.4. The normalized spacial score (nSPS) is 46.2. The first-order valence-corrected chi connectivity index (χ1v) is 16.7. The number of hydrogen-bond acceptors (Lipinski definition) is 7. The number of aliphatic hydroxyl groups excluding tert-OH is 1. The molecule has 0 aromatic rings. The van der Waals surface area contributed by atoms with E-state index in [2.05, 4.69) is 44.1 Å². The molecule has 5 rings (SSSR count). The Hall–Kier alpha value is -1.18. The summed E-state index contributed by atoms with van der Waals surface area (Å²) >= 11 is 0. The molecule has 0 aromatic heterocycles. The Labute approximate surface area is 247 Å². The molecule has 11 atom stereocenters. The van der Waals surface area contributed by atoms with E-state index in [-0.39, 0.29) is 18.8 Å². The molecule has 232 valence electrons. The first kappa shape index (κ1) is 31.3. The van der Waals surface area contributed by atoms with Crippen LogP contribution >= 0.6 is 0 Å². The van der Waals surface area contributed by atoms with Gasteiger partial charge in [0.2, 0.25) is 0 Å². The van der Waals surface area contributed by atoms with Gasteiger partial charge in [-0.3, -0.25) is 0 Å². The third kappa shape index (κ3) is 5.61. The van der Waals surface area contributed by atoms with E-state index in [1.807, 2.05) is 13.8 Å². The number of nitrogens with zero attached hydrogens (tertiary/aromatic N) is 2. The van der Waals surface area contributed by atoms with Crippen molar-refractivity contribution in [3.8, 4) is 0 Å². The molecule has 5 aliphatic rings. The maximum Gasteiger partial charge on any atom is 0.160 e. The lowest BCUT2D eigenvalue weighted by Crippen LogP contribution is -2.58. The van der Waals surface area contributed by atoms with Crippen molar-refractivity contribution >= 4 is 0 Å². The van der Waals surface area contributed by atoms with Crippen LogP contribution in [0.3, 0.4) is 0 Å². The summed E-state index contributed by atoms with van der Waals surface area (Å²) in [5, 5.41) is 16.7. The van der Waals surface area contributed by atoms with Gasteiger partial charge in [-0.05, 0) is 106 Å². The van der Waals surface area contributed by atoms with Gasteiger partial charge >= 0.3 is 0 Å². The summed E-state index contributed by atoms with van der Waals surface area (Å²) in [6.45, 7) is 14.2. The molecular formula is C34H56N2O5. The average Bonchev–Trinajstić information content (AvgIpc) is 3.18. The fourth-order valence-electron chi connectivity index (χ4n) is 10.6. The number of hydrogen-bond donors (Lipinski definition) is 1. The van der Waals surface area contributed by atoms with E-state index in [0.29, 0.717) is 46.8 Å². The van der Waals surface area contributed by atoms with Crippen LogP contribution in [0.2, 0.25) is 0 Å². The number of nitroso groups, excluding NO2 is 2. The number of ether oxygens (including phenoxy) is 2. The SMILES string of the molecule is C[C@@H]1C2=CCC3[C@@](C)(CC[C@]4(C)C(CCCCC(C)(C)N=O)CC[C@@]34C)C2CC[C@@H]1O[C@H]1C[C@@H](O)C[C@@H](CN=O)O1. The molecule has 41 heavy (non-hydrogen) atoms. The summed E-state index contributed by atoms with van der Waals surface area (Å²) in [6.07, 6.45) is 15.4. The zero-order valence-electron chi connectivity index (χ0n) is 26.6. The molecule has 0 spiro atoms. The second-order valence-electron chi connectivity index (χ2n) is 15.9. The molecule has 7 heteroatoms. The highest BCUT2D eigenvalue weighted by Gasteiger charge is 2.66. The van der Waals surface area contributed by atoms with Crippen LogP contribution in [0, 0.1) is 49.7 Å². The van der Waals surface area contributed by atoms with Gasteiger partial charge in [0, 0.05) is 18.8 Å². The minimum Gasteiger partial charge on any atom is -0.393 e. The van der Waals surface area contributed by atoms with Crippen LogP contribution in [0.4, 0.5) is 0 Å². The smallest absolute Gasteiger partial charge is 0.160 e. The third-order valence-corrected chi connectivity index (χ3v) is 13.4. The fourth-order valence-corrected chi connectivity index (χ4v) is 10.6. The topological polar surface area (TPSA) is 97.5 Å². The second kappa shape index (κ2) is 11.7. The lowest BCUT2D eigenvalue weighted by Gasteiger charge is -2.65. The van der Waals surface area contributed by atoms with E-state index in [1.165, 1.54) is 44.9 Å². The van der Waals surface area contributed by atoms with Gasteiger partial charge in [0.05, 0.1) is 23.9 Å². The summed E-state index contributed by atoms with van der Waals surface area (Å²) in [6, 6.07) is 0. The predicted octanol–water partition coefficient (Wildman–Crippen LogP) is 8.32.